The highest BCUT2D eigenvalue weighted by Crippen LogP contribution is 2.37. The summed E-state index contributed by atoms with van der Waals surface area (Å²) in [5.74, 6) is 0.0810. The minimum atomic E-state index is -4.15. The fraction of sp³-hybridized carbons (Fsp3) is 0.400. The van der Waals surface area contributed by atoms with Crippen molar-refractivity contribution >= 4 is 15.9 Å². The van der Waals surface area contributed by atoms with E-state index >= 15 is 0 Å². The van der Waals surface area contributed by atoms with Gasteiger partial charge in [0.1, 0.15) is 22.4 Å². The maximum absolute atomic E-state index is 13.9. The third-order valence-electron chi connectivity index (χ3n) is 8.49. The van der Waals surface area contributed by atoms with E-state index in [1.807, 2.05) is 24.3 Å². The van der Waals surface area contributed by atoms with Crippen molar-refractivity contribution in [2.45, 2.75) is 54.8 Å². The van der Waals surface area contributed by atoms with E-state index in [1.165, 1.54) is 6.07 Å². The highest BCUT2D eigenvalue weighted by molar-refractivity contribution is 7.89. The van der Waals surface area contributed by atoms with Crippen LogP contribution in [0.5, 0.6) is 11.5 Å². The molecule has 1 aromatic heterocycles. The fourth-order valence-corrected chi connectivity index (χ4v) is 7.87. The van der Waals surface area contributed by atoms with Crippen LogP contribution < -0.4 is 10.1 Å². The van der Waals surface area contributed by atoms with E-state index in [2.05, 4.69) is 15.2 Å². The summed E-state index contributed by atoms with van der Waals surface area (Å²) in [4.78, 5) is 20.1. The van der Waals surface area contributed by atoms with E-state index < -0.39 is 33.6 Å². The molecule has 0 unspecified atom stereocenters. The highest BCUT2D eigenvalue weighted by atomic mass is 32.2. The lowest BCUT2D eigenvalue weighted by molar-refractivity contribution is -0.127. The number of para-hydroxylation sites is 1. The van der Waals surface area contributed by atoms with Crippen LogP contribution in [0.4, 0.5) is 0 Å². The molecule has 6 rings (SSSR count). The number of aromatic nitrogens is 1. The molecule has 11 heteroatoms. The summed E-state index contributed by atoms with van der Waals surface area (Å²) in [6, 6.07) is 14.9. The Morgan fingerprint density at radius 3 is 2.61 bits per heavy atom. The number of phenolic OH excluding ortho intramolecular Hbond substituents is 1. The Morgan fingerprint density at radius 2 is 1.85 bits per heavy atom. The Hall–Kier alpha value is -3.51. The second-order valence-corrected chi connectivity index (χ2v) is 13.0. The number of likely N-dealkylation sites (tertiary alicyclic amines) is 1. The third-order valence-corrected chi connectivity index (χ3v) is 10.4. The number of hydrogen-bond donors (Lipinski definition) is 3. The minimum Gasteiger partial charge on any atom is -0.508 e. The summed E-state index contributed by atoms with van der Waals surface area (Å²) in [6.45, 7) is 2.02. The molecule has 2 atom stereocenters. The number of aliphatic hydroxyl groups is 1. The van der Waals surface area contributed by atoms with Crippen LogP contribution in [-0.2, 0) is 21.4 Å². The molecule has 3 aromatic rings. The lowest BCUT2D eigenvalue weighted by atomic mass is 9.84. The molecule has 2 saturated heterocycles. The largest absolute Gasteiger partial charge is 0.508 e. The van der Waals surface area contributed by atoms with Gasteiger partial charge in [-0.3, -0.25) is 14.7 Å². The first-order valence-electron chi connectivity index (χ1n) is 13.9. The number of nitrogens with zero attached hydrogens (tertiary/aromatic N) is 3. The third kappa shape index (κ3) is 5.54. The van der Waals surface area contributed by atoms with E-state index in [4.69, 9.17) is 4.74 Å². The number of aliphatic hydroxyl groups excluding tert-OH is 1. The van der Waals surface area contributed by atoms with Crippen molar-refractivity contribution in [3.63, 3.8) is 0 Å². The van der Waals surface area contributed by atoms with Crippen molar-refractivity contribution in [1.82, 2.24) is 19.5 Å². The molecule has 3 aliphatic heterocycles. The number of benzene rings is 2. The number of rotatable bonds is 3. The summed E-state index contributed by atoms with van der Waals surface area (Å²) in [5, 5.41) is 23.9. The van der Waals surface area contributed by atoms with E-state index in [-0.39, 0.29) is 36.0 Å². The molecule has 3 N–H and O–H groups in total. The maximum Gasteiger partial charge on any atom is 0.247 e. The average Bonchev–Trinajstić information content (AvgIpc) is 3.38. The van der Waals surface area contributed by atoms with E-state index in [0.717, 1.165) is 21.0 Å². The van der Waals surface area contributed by atoms with Gasteiger partial charge in [0.05, 0.1) is 12.7 Å². The van der Waals surface area contributed by atoms with E-state index in [9.17, 15) is 23.4 Å². The highest BCUT2D eigenvalue weighted by Gasteiger charge is 2.47. The first-order valence-corrected chi connectivity index (χ1v) is 15.4. The van der Waals surface area contributed by atoms with Crippen molar-refractivity contribution in [2.24, 2.45) is 0 Å². The molecule has 10 nitrogen and oxygen atoms in total. The molecule has 2 fully saturated rings. The zero-order valence-electron chi connectivity index (χ0n) is 22.6. The van der Waals surface area contributed by atoms with Gasteiger partial charge in [-0.25, -0.2) is 8.42 Å². The van der Waals surface area contributed by atoms with Crippen LogP contribution in [0.3, 0.4) is 0 Å². The molecule has 41 heavy (non-hydrogen) atoms. The number of sulfonamides is 1. The van der Waals surface area contributed by atoms with Gasteiger partial charge in [-0.05, 0) is 42.7 Å². The van der Waals surface area contributed by atoms with Crippen molar-refractivity contribution in [2.75, 3.05) is 26.2 Å². The van der Waals surface area contributed by atoms with Gasteiger partial charge >= 0.3 is 0 Å². The van der Waals surface area contributed by atoms with Crippen molar-refractivity contribution in [3.05, 3.63) is 72.6 Å². The molecule has 0 aliphatic carbocycles. The van der Waals surface area contributed by atoms with Crippen LogP contribution in [-0.4, -0.2) is 82.7 Å². The van der Waals surface area contributed by atoms with E-state index in [1.54, 1.807) is 36.7 Å². The molecule has 0 saturated carbocycles. The number of phenols is 1. The van der Waals surface area contributed by atoms with Gasteiger partial charge in [-0.2, -0.15) is 4.31 Å². The molecule has 0 bridgehead atoms. The number of aromatic hydroxyl groups is 1. The summed E-state index contributed by atoms with van der Waals surface area (Å²) in [5.41, 5.74) is 1.84. The smallest absolute Gasteiger partial charge is 0.247 e. The number of piperidine rings is 1. The average molecular weight is 579 g/mol. The lowest BCUT2D eigenvalue weighted by Crippen LogP contribution is -2.59. The van der Waals surface area contributed by atoms with Crippen molar-refractivity contribution in [1.29, 1.82) is 0 Å². The van der Waals surface area contributed by atoms with Gasteiger partial charge in [0.15, 0.2) is 0 Å². The van der Waals surface area contributed by atoms with Gasteiger partial charge in [0, 0.05) is 68.1 Å². The topological polar surface area (TPSA) is 132 Å². The Morgan fingerprint density at radius 1 is 1.05 bits per heavy atom. The van der Waals surface area contributed by atoms with Gasteiger partial charge < -0.3 is 20.3 Å². The molecule has 216 valence electrons. The van der Waals surface area contributed by atoms with Crippen LogP contribution >= 0.6 is 0 Å². The molecule has 2 aromatic carbocycles. The monoisotopic (exact) mass is 578 g/mol. The number of amides is 1. The summed E-state index contributed by atoms with van der Waals surface area (Å²) < 4.78 is 35.1. The standard InChI is InChI=1S/C30H34N4O6S/c35-24-17-25-29(37)32-30(9-13-33(14-10-30)19-23-4-1-2-6-26(23)36)11-15-40-27-16-21(22-5-3-12-31-18-22)7-8-28(27)41(38,39)34(25)20-24/h1-8,12,16,18,24-25,35-36H,9-11,13-15,17,19-20H2,(H,32,37)/t24-,25+/m1/s1. The molecule has 3 aliphatic rings. The Bertz CT molecular complexity index is 1520. The van der Waals surface area contributed by atoms with Gasteiger partial charge in [0.25, 0.3) is 0 Å². The Balaban J connectivity index is 1.30. The second-order valence-electron chi connectivity index (χ2n) is 11.2. The van der Waals surface area contributed by atoms with Crippen LogP contribution in [0.15, 0.2) is 71.9 Å². The summed E-state index contributed by atoms with van der Waals surface area (Å²) in [7, 11) is -4.15. The summed E-state index contributed by atoms with van der Waals surface area (Å²) in [6.07, 6.45) is 4.24. The fourth-order valence-electron chi connectivity index (χ4n) is 6.12. The zero-order valence-corrected chi connectivity index (χ0v) is 23.5. The molecule has 0 radical (unpaired) electrons. The van der Waals surface area contributed by atoms with Crippen molar-refractivity contribution in [3.8, 4) is 22.6 Å². The first kappa shape index (κ1) is 27.6. The number of fused-ring (bicyclic) bond motifs is 2. The van der Waals surface area contributed by atoms with Crippen LogP contribution in [0, 0.1) is 0 Å². The Labute approximate surface area is 239 Å². The maximum atomic E-state index is 13.9. The lowest BCUT2D eigenvalue weighted by Gasteiger charge is -2.43. The molecule has 1 spiro atoms. The quantitative estimate of drug-likeness (QED) is 0.432. The zero-order chi connectivity index (χ0) is 28.6. The molecular formula is C30H34N4O6S. The minimum absolute atomic E-state index is 0.0227. The normalized spacial score (nSPS) is 24.5. The van der Waals surface area contributed by atoms with Gasteiger partial charge in [-0.1, -0.05) is 30.3 Å². The molecule has 1 amide bonds. The molecule has 4 heterocycles. The number of nitrogens with one attached hydrogen (secondary N) is 1. The van der Waals surface area contributed by atoms with Gasteiger partial charge in [0.2, 0.25) is 15.9 Å². The van der Waals surface area contributed by atoms with Crippen LogP contribution in [0.1, 0.15) is 31.2 Å². The van der Waals surface area contributed by atoms with Crippen LogP contribution in [0.2, 0.25) is 0 Å². The number of pyridine rings is 1. The predicted molar refractivity (Wildman–Crippen MR) is 152 cm³/mol. The number of carbonyl (C=O) groups is 1. The number of ether oxygens (including phenoxy) is 1. The predicted octanol–water partition coefficient (Wildman–Crippen LogP) is 2.51. The van der Waals surface area contributed by atoms with Crippen LogP contribution in [0.25, 0.3) is 11.1 Å². The number of hydrogen-bond acceptors (Lipinski definition) is 8. The van der Waals surface area contributed by atoms with Gasteiger partial charge in [-0.15, -0.1) is 0 Å². The van der Waals surface area contributed by atoms with Crippen molar-refractivity contribution < 1.29 is 28.2 Å². The Kier molecular flexibility index (Phi) is 7.45. The SMILES string of the molecule is O=C1NC2(CCOc3cc(-c4cccnc4)ccc3S(=O)(=O)N3C[C@H](O)C[C@@H]13)CCN(Cc1ccccc1O)CC2. The second kappa shape index (κ2) is 11.1. The summed E-state index contributed by atoms with van der Waals surface area (Å²) >= 11 is 0. The first-order chi connectivity index (χ1) is 19.7. The number of carbonyl (C=O) groups excluding carboxylic acids is 1. The molecular weight excluding hydrogens is 544 g/mol. The van der Waals surface area contributed by atoms with E-state index in [0.29, 0.717) is 38.9 Å².